The molecule has 0 heterocycles. The molecule has 0 aliphatic carbocycles. The lowest BCUT2D eigenvalue weighted by molar-refractivity contribution is 0.0697. The predicted octanol–water partition coefficient (Wildman–Crippen LogP) is 1.57. The molecule has 19 heavy (non-hydrogen) atoms. The highest BCUT2D eigenvalue weighted by molar-refractivity contribution is 7.93. The summed E-state index contributed by atoms with van der Waals surface area (Å²) in [7, 11) is -4.17. The topological polar surface area (TPSA) is 107 Å². The van der Waals surface area contributed by atoms with Crippen molar-refractivity contribution < 1.29 is 22.7 Å². The number of nitrogens with zero attached hydrogens (tertiary/aromatic N) is 1. The van der Waals surface area contributed by atoms with Crippen molar-refractivity contribution in [3.63, 3.8) is 0 Å². The summed E-state index contributed by atoms with van der Waals surface area (Å²) in [4.78, 5) is 10.9. The summed E-state index contributed by atoms with van der Waals surface area (Å²) in [5.74, 6) is -2.49. The van der Waals surface area contributed by atoms with Gasteiger partial charge < -0.3 is 5.11 Å². The van der Waals surface area contributed by atoms with Crippen LogP contribution in [-0.2, 0) is 10.0 Å². The van der Waals surface area contributed by atoms with E-state index in [0.717, 1.165) is 18.2 Å². The van der Waals surface area contributed by atoms with Gasteiger partial charge in [0.1, 0.15) is 5.82 Å². The fourth-order valence-corrected chi connectivity index (χ4v) is 2.61. The minimum atomic E-state index is -4.17. The number of aromatic carboxylic acids is 1. The number of carboxylic acids is 1. The first-order chi connectivity index (χ1) is 8.83. The van der Waals surface area contributed by atoms with Gasteiger partial charge in [-0.2, -0.15) is 5.26 Å². The Morgan fingerprint density at radius 2 is 2.21 bits per heavy atom. The van der Waals surface area contributed by atoms with Gasteiger partial charge in [0.05, 0.1) is 17.3 Å². The van der Waals surface area contributed by atoms with E-state index in [1.54, 1.807) is 6.07 Å². The maximum Gasteiger partial charge on any atom is 0.337 e. The van der Waals surface area contributed by atoms with Crippen molar-refractivity contribution in [2.24, 2.45) is 0 Å². The standard InChI is InChI=1S/C11H11FN2O4S/c1-2-7(6-13)19(17,18)14-10-8(11(15)16)4-3-5-9(10)12/h3-5,7,14H,2H2,1H3,(H,15,16). The van der Waals surface area contributed by atoms with Gasteiger partial charge in [0, 0.05) is 0 Å². The van der Waals surface area contributed by atoms with Crippen LogP contribution in [0.5, 0.6) is 0 Å². The van der Waals surface area contributed by atoms with Crippen LogP contribution in [0.15, 0.2) is 18.2 Å². The van der Waals surface area contributed by atoms with E-state index in [4.69, 9.17) is 10.4 Å². The Kier molecular flexibility index (Phi) is 4.45. The average Bonchev–Trinajstić information content (AvgIpc) is 2.32. The lowest BCUT2D eigenvalue weighted by Gasteiger charge is -2.13. The van der Waals surface area contributed by atoms with Gasteiger partial charge in [-0.15, -0.1) is 0 Å². The Balaban J connectivity index is 3.28. The second-order valence-electron chi connectivity index (χ2n) is 3.64. The van der Waals surface area contributed by atoms with E-state index >= 15 is 0 Å². The molecule has 0 spiro atoms. The van der Waals surface area contributed by atoms with E-state index in [2.05, 4.69) is 0 Å². The van der Waals surface area contributed by atoms with Crippen LogP contribution in [-0.4, -0.2) is 24.7 Å². The molecule has 1 rings (SSSR count). The van der Waals surface area contributed by atoms with Crippen LogP contribution in [0.2, 0.25) is 0 Å². The number of nitrogens with one attached hydrogen (secondary N) is 1. The summed E-state index contributed by atoms with van der Waals surface area (Å²) < 4.78 is 39.0. The SMILES string of the molecule is CCC(C#N)S(=O)(=O)Nc1c(F)cccc1C(=O)O. The van der Waals surface area contributed by atoms with Gasteiger partial charge >= 0.3 is 5.97 Å². The molecule has 6 nitrogen and oxygen atoms in total. The first-order valence-electron chi connectivity index (χ1n) is 5.26. The molecule has 0 amide bonds. The zero-order valence-electron chi connectivity index (χ0n) is 9.92. The molecule has 0 saturated heterocycles. The van der Waals surface area contributed by atoms with Crippen molar-refractivity contribution >= 4 is 21.7 Å². The minimum Gasteiger partial charge on any atom is -0.478 e. The van der Waals surface area contributed by atoms with Crippen LogP contribution in [0.1, 0.15) is 23.7 Å². The van der Waals surface area contributed by atoms with Crippen molar-refractivity contribution in [1.29, 1.82) is 5.26 Å². The molecule has 0 fully saturated rings. The third kappa shape index (κ3) is 3.20. The normalized spacial score (nSPS) is 12.5. The van der Waals surface area contributed by atoms with Gasteiger partial charge in [0.2, 0.25) is 10.0 Å². The number of sulfonamides is 1. The summed E-state index contributed by atoms with van der Waals surface area (Å²) in [6.07, 6.45) is 0.00267. The lowest BCUT2D eigenvalue weighted by Crippen LogP contribution is -2.27. The lowest BCUT2D eigenvalue weighted by atomic mass is 10.2. The second kappa shape index (κ2) is 5.67. The van der Waals surface area contributed by atoms with Crippen molar-refractivity contribution in [3.8, 4) is 6.07 Å². The number of halogens is 1. The molecule has 0 bridgehead atoms. The molecule has 0 aromatic heterocycles. The Bertz CT molecular complexity index is 637. The van der Waals surface area contributed by atoms with Crippen LogP contribution >= 0.6 is 0 Å². The van der Waals surface area contributed by atoms with E-state index in [0.29, 0.717) is 0 Å². The van der Waals surface area contributed by atoms with Gasteiger partial charge in [-0.1, -0.05) is 13.0 Å². The fraction of sp³-hybridized carbons (Fsp3) is 0.273. The molecule has 1 aromatic rings. The number of carboxylic acid groups (broad SMARTS) is 1. The van der Waals surface area contributed by atoms with Crippen molar-refractivity contribution in [2.45, 2.75) is 18.6 Å². The van der Waals surface area contributed by atoms with Gasteiger partial charge in [-0.25, -0.2) is 17.6 Å². The number of rotatable bonds is 5. The summed E-state index contributed by atoms with van der Waals surface area (Å²) in [6, 6.07) is 4.71. The maximum atomic E-state index is 13.5. The van der Waals surface area contributed by atoms with Crippen LogP contribution in [0.3, 0.4) is 0 Å². The first kappa shape index (κ1) is 14.9. The molecule has 0 aliphatic rings. The number of anilines is 1. The van der Waals surface area contributed by atoms with Gasteiger partial charge in [0.15, 0.2) is 5.25 Å². The van der Waals surface area contributed by atoms with E-state index in [-0.39, 0.29) is 6.42 Å². The zero-order chi connectivity index (χ0) is 14.6. The highest BCUT2D eigenvalue weighted by atomic mass is 32.2. The average molecular weight is 286 g/mol. The Morgan fingerprint density at radius 3 is 2.68 bits per heavy atom. The van der Waals surface area contributed by atoms with Gasteiger partial charge in [-0.05, 0) is 18.6 Å². The third-order valence-electron chi connectivity index (χ3n) is 2.38. The molecule has 1 unspecified atom stereocenters. The second-order valence-corrected chi connectivity index (χ2v) is 5.50. The number of nitriles is 1. The van der Waals surface area contributed by atoms with Crippen molar-refractivity contribution in [3.05, 3.63) is 29.6 Å². The first-order valence-corrected chi connectivity index (χ1v) is 6.81. The minimum absolute atomic E-state index is 0.00267. The summed E-state index contributed by atoms with van der Waals surface area (Å²) in [5, 5.41) is 16.2. The number of hydrogen-bond acceptors (Lipinski definition) is 4. The fourth-order valence-electron chi connectivity index (χ4n) is 1.40. The summed E-state index contributed by atoms with van der Waals surface area (Å²) >= 11 is 0. The van der Waals surface area contributed by atoms with Gasteiger partial charge in [-0.3, -0.25) is 4.72 Å². The summed E-state index contributed by atoms with van der Waals surface area (Å²) in [5.41, 5.74) is -1.18. The Morgan fingerprint density at radius 1 is 1.58 bits per heavy atom. The quantitative estimate of drug-likeness (QED) is 0.854. The molecule has 1 atom stereocenters. The highest BCUT2D eigenvalue weighted by Gasteiger charge is 2.26. The van der Waals surface area contributed by atoms with E-state index < -0.39 is 38.3 Å². The monoisotopic (exact) mass is 286 g/mol. The number of benzene rings is 1. The molecule has 0 radical (unpaired) electrons. The van der Waals surface area contributed by atoms with Crippen LogP contribution in [0.4, 0.5) is 10.1 Å². The third-order valence-corrected chi connectivity index (χ3v) is 4.05. The number of carbonyl (C=O) groups is 1. The highest BCUT2D eigenvalue weighted by Crippen LogP contribution is 2.22. The van der Waals surface area contributed by atoms with Crippen LogP contribution < -0.4 is 4.72 Å². The predicted molar refractivity (Wildman–Crippen MR) is 65.6 cm³/mol. The molecule has 8 heteroatoms. The van der Waals surface area contributed by atoms with Crippen molar-refractivity contribution in [1.82, 2.24) is 0 Å². The number of hydrogen-bond donors (Lipinski definition) is 2. The van der Waals surface area contributed by atoms with Crippen LogP contribution in [0, 0.1) is 17.1 Å². The largest absolute Gasteiger partial charge is 0.478 e. The van der Waals surface area contributed by atoms with Gasteiger partial charge in [0.25, 0.3) is 0 Å². The van der Waals surface area contributed by atoms with Crippen molar-refractivity contribution in [2.75, 3.05) is 4.72 Å². The molecular formula is C11H11FN2O4S. The molecule has 0 aliphatic heterocycles. The summed E-state index contributed by atoms with van der Waals surface area (Å²) in [6.45, 7) is 1.48. The Labute approximate surface area is 109 Å². The smallest absolute Gasteiger partial charge is 0.337 e. The zero-order valence-corrected chi connectivity index (χ0v) is 10.7. The van der Waals surface area contributed by atoms with E-state index in [1.807, 2.05) is 4.72 Å². The molecule has 102 valence electrons. The molecule has 1 aromatic carbocycles. The maximum absolute atomic E-state index is 13.5. The molecule has 2 N–H and O–H groups in total. The van der Waals surface area contributed by atoms with Crippen LogP contribution in [0.25, 0.3) is 0 Å². The molecule has 0 saturated carbocycles. The number of para-hydroxylation sites is 1. The van der Waals surface area contributed by atoms with E-state index in [9.17, 15) is 17.6 Å². The molecular weight excluding hydrogens is 275 g/mol. The Hall–Kier alpha value is -2.14. The van der Waals surface area contributed by atoms with E-state index in [1.165, 1.54) is 6.92 Å².